The molecule has 0 aromatic heterocycles. The van der Waals surface area contributed by atoms with Gasteiger partial charge in [0.1, 0.15) is 12.4 Å². The zero-order valence-corrected chi connectivity index (χ0v) is 11.2. The number of ether oxygens (including phenoxy) is 1. The van der Waals surface area contributed by atoms with E-state index < -0.39 is 0 Å². The predicted octanol–water partition coefficient (Wildman–Crippen LogP) is -7.72. The summed E-state index contributed by atoms with van der Waals surface area (Å²) >= 11 is 0. The van der Waals surface area contributed by atoms with Crippen molar-refractivity contribution in [2.75, 3.05) is 6.61 Å². The van der Waals surface area contributed by atoms with Gasteiger partial charge in [0.05, 0.1) is 0 Å². The number of rotatable bonds is 0. The average Bonchev–Trinajstić information content (AvgIpc) is 2.05. The largest absolute Gasteiger partial charge is 3.00 e. The van der Waals surface area contributed by atoms with Crippen LogP contribution in [-0.4, -0.2) is 12.1 Å². The molecule has 1 aromatic carbocycles. The van der Waals surface area contributed by atoms with E-state index >= 15 is 0 Å². The van der Waals surface area contributed by atoms with Crippen LogP contribution in [0.3, 0.4) is 0 Å². The summed E-state index contributed by atoms with van der Waals surface area (Å²) in [5.74, 6) is 0.991. The Labute approximate surface area is 119 Å². The molecule has 2 N–H and O–H groups in total. The number of hydrogen-bond acceptors (Lipinski definition) is 1. The Morgan fingerprint density at radius 1 is 1.00 bits per heavy atom. The topological polar surface area (TPSA) is 40.7 Å². The summed E-state index contributed by atoms with van der Waals surface area (Å²) in [5, 5.41) is 0. The molecule has 1 heterocycles. The summed E-state index contributed by atoms with van der Waals surface area (Å²) in [6, 6.07) is 8.03. The molecule has 0 atom stereocenters. The molecule has 15 heavy (non-hydrogen) atoms. The van der Waals surface area contributed by atoms with Gasteiger partial charge in [-0.05, 0) is 12.1 Å². The van der Waals surface area contributed by atoms with E-state index in [1.54, 1.807) is 0 Å². The van der Waals surface area contributed by atoms with Gasteiger partial charge in [0.15, 0.2) is 0 Å². The Kier molecular flexibility index (Phi) is 19.8. The zero-order chi connectivity index (χ0) is 6.81. The number of para-hydroxylation sites is 1. The molecule has 6 heteroatoms. The van der Waals surface area contributed by atoms with E-state index in [4.69, 9.17) is 4.74 Å². The molecule has 0 saturated carbocycles. The SMILES string of the molecule is C1=Cc2ccccc2OC1.O.[Cl-].[Cl-].[Cl-].[Cr+3]. The van der Waals surface area contributed by atoms with Gasteiger partial charge < -0.3 is 47.4 Å². The number of benzene rings is 1. The van der Waals surface area contributed by atoms with E-state index in [-0.39, 0.29) is 60.1 Å². The molecule has 0 aliphatic carbocycles. The normalized spacial score (nSPS) is 9.33. The van der Waals surface area contributed by atoms with Crippen molar-refractivity contribution >= 4 is 6.08 Å². The minimum atomic E-state index is 0. The maximum absolute atomic E-state index is 5.34. The van der Waals surface area contributed by atoms with Crippen molar-refractivity contribution in [3.63, 3.8) is 0 Å². The molecule has 2 rings (SSSR count). The first-order chi connectivity index (χ1) is 4.97. The molecule has 1 aromatic rings. The molecule has 1 aliphatic heterocycles. The van der Waals surface area contributed by atoms with Crippen molar-refractivity contribution in [2.45, 2.75) is 0 Å². The third-order valence-corrected chi connectivity index (χ3v) is 1.55. The van der Waals surface area contributed by atoms with Crippen molar-refractivity contribution in [2.24, 2.45) is 0 Å². The van der Waals surface area contributed by atoms with Gasteiger partial charge in [0.2, 0.25) is 0 Å². The van der Waals surface area contributed by atoms with Gasteiger partial charge in [-0.2, -0.15) is 0 Å². The van der Waals surface area contributed by atoms with Crippen molar-refractivity contribution in [1.29, 1.82) is 0 Å². The minimum absolute atomic E-state index is 0. The fourth-order valence-corrected chi connectivity index (χ4v) is 1.06. The second kappa shape index (κ2) is 12.2. The molecule has 85 valence electrons. The fraction of sp³-hybridized carbons (Fsp3) is 0.111. The van der Waals surface area contributed by atoms with Gasteiger partial charge in [-0.1, -0.05) is 24.3 Å². The fourth-order valence-electron chi connectivity index (χ4n) is 1.06. The quantitative estimate of drug-likeness (QED) is 0.469. The van der Waals surface area contributed by atoms with Crippen molar-refractivity contribution < 1.29 is 64.8 Å². The maximum atomic E-state index is 5.34. The molecule has 1 aliphatic rings. The Bertz CT molecular complexity index is 282. The van der Waals surface area contributed by atoms with Gasteiger partial charge in [-0.25, -0.2) is 0 Å². The van der Waals surface area contributed by atoms with Crippen LogP contribution in [0.4, 0.5) is 0 Å². The summed E-state index contributed by atoms with van der Waals surface area (Å²) in [4.78, 5) is 0. The van der Waals surface area contributed by atoms with E-state index in [0.29, 0.717) is 6.61 Å². The van der Waals surface area contributed by atoms with Crippen LogP contribution >= 0.6 is 0 Å². The van der Waals surface area contributed by atoms with Crippen molar-refractivity contribution in [3.05, 3.63) is 35.9 Å². The van der Waals surface area contributed by atoms with Crippen molar-refractivity contribution in [1.82, 2.24) is 0 Å². The van der Waals surface area contributed by atoms with Crippen LogP contribution in [0.1, 0.15) is 5.56 Å². The van der Waals surface area contributed by atoms with E-state index in [1.165, 1.54) is 5.56 Å². The summed E-state index contributed by atoms with van der Waals surface area (Å²) in [7, 11) is 0. The molecule has 0 saturated heterocycles. The molecule has 1 radical (unpaired) electrons. The van der Waals surface area contributed by atoms with Crippen LogP contribution < -0.4 is 42.0 Å². The molecule has 0 bridgehead atoms. The van der Waals surface area contributed by atoms with Crippen LogP contribution in [0.15, 0.2) is 30.3 Å². The zero-order valence-electron chi connectivity index (χ0n) is 7.62. The third kappa shape index (κ3) is 6.32. The van der Waals surface area contributed by atoms with Gasteiger partial charge in [-0.15, -0.1) is 0 Å². The molecule has 2 nitrogen and oxygen atoms in total. The van der Waals surface area contributed by atoms with Crippen molar-refractivity contribution in [3.8, 4) is 5.75 Å². The van der Waals surface area contributed by atoms with E-state index in [1.807, 2.05) is 30.3 Å². The van der Waals surface area contributed by atoms with E-state index in [0.717, 1.165) is 5.75 Å². The second-order valence-corrected chi connectivity index (χ2v) is 2.25. The number of halogens is 3. The Balaban J connectivity index is -0.000000121. The number of hydrogen-bond donors (Lipinski definition) is 0. The Morgan fingerprint density at radius 3 is 2.20 bits per heavy atom. The molecular weight excluding hydrogens is 298 g/mol. The van der Waals surface area contributed by atoms with Crippen LogP contribution in [-0.2, 0) is 17.4 Å². The molecule has 0 spiro atoms. The van der Waals surface area contributed by atoms with E-state index in [9.17, 15) is 0 Å². The van der Waals surface area contributed by atoms with Crippen LogP contribution in [0, 0.1) is 0 Å². The first kappa shape index (κ1) is 24.4. The standard InChI is InChI=1S/C9H8O.3ClH.Cr.H2O/c1-2-6-9-8(4-1)5-3-7-10-9;;;;;/h1-6H,7H2;3*1H;;1H2/q;;;;+3;/p-3. The van der Waals surface area contributed by atoms with Crippen LogP contribution in [0.2, 0.25) is 0 Å². The maximum Gasteiger partial charge on any atom is 3.00 e. The predicted molar refractivity (Wildman–Crippen MR) is 44.6 cm³/mol. The monoisotopic (exact) mass is 307 g/mol. The Hall–Kier alpha value is 0.122. The van der Waals surface area contributed by atoms with Gasteiger partial charge in [-0.3, -0.25) is 0 Å². The van der Waals surface area contributed by atoms with Gasteiger partial charge in [0, 0.05) is 5.56 Å². The summed E-state index contributed by atoms with van der Waals surface area (Å²) in [6.07, 6.45) is 4.10. The van der Waals surface area contributed by atoms with Gasteiger partial charge in [0.25, 0.3) is 0 Å². The van der Waals surface area contributed by atoms with Crippen LogP contribution in [0.5, 0.6) is 5.75 Å². The molecule has 0 unspecified atom stereocenters. The minimum Gasteiger partial charge on any atom is -1.00 e. The first-order valence-corrected chi connectivity index (χ1v) is 3.35. The van der Waals surface area contributed by atoms with Gasteiger partial charge >= 0.3 is 17.4 Å². The van der Waals surface area contributed by atoms with Crippen LogP contribution in [0.25, 0.3) is 6.08 Å². The first-order valence-electron chi connectivity index (χ1n) is 3.35. The Morgan fingerprint density at radius 2 is 1.60 bits per heavy atom. The average molecular weight is 309 g/mol. The molecule has 0 fully saturated rings. The summed E-state index contributed by atoms with van der Waals surface area (Å²) < 4.78 is 5.34. The summed E-state index contributed by atoms with van der Waals surface area (Å²) in [6.45, 7) is 0.705. The number of fused-ring (bicyclic) bond motifs is 1. The molecule has 0 amide bonds. The smallest absolute Gasteiger partial charge is 1.00 e. The summed E-state index contributed by atoms with van der Waals surface area (Å²) in [5.41, 5.74) is 1.17. The molecular formula is C9H10Cl3CrO2. The van der Waals surface area contributed by atoms with E-state index in [2.05, 4.69) is 6.08 Å². The second-order valence-electron chi connectivity index (χ2n) is 2.25. The third-order valence-electron chi connectivity index (χ3n) is 1.55.